The Hall–Kier alpha value is -0.760. The van der Waals surface area contributed by atoms with E-state index in [0.717, 1.165) is 31.3 Å². The summed E-state index contributed by atoms with van der Waals surface area (Å²) in [5.41, 5.74) is 8.46. The van der Waals surface area contributed by atoms with Crippen LogP contribution in [0.4, 0.5) is 0 Å². The second-order valence-corrected chi connectivity index (χ2v) is 7.96. The number of rotatable bonds is 1. The molecule has 0 saturated heterocycles. The van der Waals surface area contributed by atoms with Crippen molar-refractivity contribution in [2.45, 2.75) is 58.1 Å². The van der Waals surface area contributed by atoms with Gasteiger partial charge in [0, 0.05) is 11.5 Å². The van der Waals surface area contributed by atoms with Crippen LogP contribution in [-0.4, -0.2) is 16.8 Å². The molecule has 0 heterocycles. The van der Waals surface area contributed by atoms with Gasteiger partial charge in [-0.15, -0.1) is 0 Å². The molecule has 0 radical (unpaired) electrons. The predicted octanol–water partition coefficient (Wildman–Crippen LogP) is 4.84. The van der Waals surface area contributed by atoms with Crippen LogP contribution in [0.3, 0.4) is 0 Å². The van der Waals surface area contributed by atoms with Crippen molar-refractivity contribution in [1.82, 2.24) is 0 Å². The van der Waals surface area contributed by atoms with Crippen LogP contribution < -0.4 is 0 Å². The molecule has 1 nitrogen and oxygen atoms in total. The van der Waals surface area contributed by atoms with E-state index < -0.39 is 0 Å². The average Bonchev–Trinajstić information content (AvgIpc) is 2.63. The van der Waals surface area contributed by atoms with Crippen molar-refractivity contribution in [1.29, 1.82) is 0 Å². The fourth-order valence-corrected chi connectivity index (χ4v) is 5.45. The molecule has 2 heteroatoms. The summed E-state index contributed by atoms with van der Waals surface area (Å²) in [5.74, 6) is 0.651. The Kier molecular flexibility index (Phi) is 3.28. The molecular formula is C18H24OS. The number of fused-ring (bicyclic) bond motifs is 2. The number of ketones is 1. The number of carbonyl (C=O) groups excluding carboxylic acids is 1. The molecule has 0 spiro atoms. The van der Waals surface area contributed by atoms with E-state index in [1.165, 1.54) is 27.9 Å². The van der Waals surface area contributed by atoms with Gasteiger partial charge in [-0.2, -0.15) is 11.8 Å². The normalized spacial score (nSPS) is 33.9. The van der Waals surface area contributed by atoms with Crippen LogP contribution in [0.2, 0.25) is 0 Å². The first-order valence-electron chi connectivity index (χ1n) is 7.53. The Morgan fingerprint density at radius 3 is 2.30 bits per heavy atom. The minimum absolute atomic E-state index is 0.0674. The van der Waals surface area contributed by atoms with Gasteiger partial charge in [-0.25, -0.2) is 0 Å². The van der Waals surface area contributed by atoms with Gasteiger partial charge < -0.3 is 0 Å². The zero-order chi connectivity index (χ0) is 14.7. The van der Waals surface area contributed by atoms with Gasteiger partial charge in [0.15, 0.2) is 5.78 Å². The molecule has 0 N–H and O–H groups in total. The van der Waals surface area contributed by atoms with Crippen LogP contribution in [-0.2, 0) is 4.79 Å². The molecule has 0 aliphatic heterocycles. The van der Waals surface area contributed by atoms with Gasteiger partial charge in [-0.05, 0) is 65.2 Å². The van der Waals surface area contributed by atoms with E-state index in [4.69, 9.17) is 0 Å². The lowest BCUT2D eigenvalue weighted by atomic mass is 9.73. The van der Waals surface area contributed by atoms with Gasteiger partial charge in [-0.3, -0.25) is 4.79 Å². The lowest BCUT2D eigenvalue weighted by Crippen LogP contribution is -2.39. The molecule has 0 saturated carbocycles. The summed E-state index contributed by atoms with van der Waals surface area (Å²) >= 11 is 1.93. The van der Waals surface area contributed by atoms with E-state index in [9.17, 15) is 4.79 Å². The summed E-state index contributed by atoms with van der Waals surface area (Å²) in [7, 11) is 0. The van der Waals surface area contributed by atoms with Crippen LogP contribution in [0.25, 0.3) is 0 Å². The third kappa shape index (κ3) is 1.73. The van der Waals surface area contributed by atoms with Crippen LogP contribution >= 0.6 is 11.8 Å². The van der Waals surface area contributed by atoms with Crippen LogP contribution in [0.15, 0.2) is 33.4 Å². The summed E-state index contributed by atoms with van der Waals surface area (Å²) in [6.07, 6.45) is 6.16. The maximum absolute atomic E-state index is 12.9. The zero-order valence-corrected chi connectivity index (χ0v) is 14.0. The monoisotopic (exact) mass is 288 g/mol. The minimum atomic E-state index is 0.0674. The standard InChI is InChI=1S/C18H24OS/c1-10-6-14-15(7-11(10)2)18(20-5)9-13(4)12(3)8-16(18)17(14)19/h16H,6-9H2,1-5H3. The van der Waals surface area contributed by atoms with Crippen molar-refractivity contribution < 1.29 is 4.79 Å². The SMILES string of the molecule is CSC12CC(C)=C(C)CC1C(=O)C1=C2CC(C)=C(C)C1. The van der Waals surface area contributed by atoms with Crippen molar-refractivity contribution in [3.05, 3.63) is 33.4 Å². The number of thioether (sulfide) groups is 1. The second kappa shape index (κ2) is 4.62. The molecule has 3 aliphatic carbocycles. The highest BCUT2D eigenvalue weighted by molar-refractivity contribution is 8.00. The fourth-order valence-electron chi connectivity index (χ4n) is 4.17. The van der Waals surface area contributed by atoms with Crippen LogP contribution in [0.5, 0.6) is 0 Å². The number of carbonyl (C=O) groups is 1. The average molecular weight is 288 g/mol. The molecule has 0 amide bonds. The first-order chi connectivity index (χ1) is 9.40. The quantitative estimate of drug-likeness (QED) is 0.642. The van der Waals surface area contributed by atoms with E-state index in [1.807, 2.05) is 11.8 Å². The zero-order valence-electron chi connectivity index (χ0n) is 13.2. The minimum Gasteiger partial charge on any atom is -0.294 e. The second-order valence-electron chi connectivity index (χ2n) is 6.82. The first kappa shape index (κ1) is 14.2. The number of Topliss-reactive ketones (excluding diaryl/α,β-unsaturated/α-hetero) is 1. The Morgan fingerprint density at radius 2 is 1.65 bits per heavy atom. The van der Waals surface area contributed by atoms with E-state index in [2.05, 4.69) is 34.0 Å². The molecule has 0 bridgehead atoms. The Balaban J connectivity index is 2.10. The number of hydrogen-bond donors (Lipinski definition) is 0. The molecule has 0 fully saturated rings. The summed E-state index contributed by atoms with van der Waals surface area (Å²) in [6, 6.07) is 0. The summed E-state index contributed by atoms with van der Waals surface area (Å²) in [5, 5.41) is 0. The van der Waals surface area contributed by atoms with Gasteiger partial charge in [-0.1, -0.05) is 22.3 Å². The number of hydrogen-bond acceptors (Lipinski definition) is 2. The van der Waals surface area contributed by atoms with E-state index in [1.54, 1.807) is 0 Å². The maximum Gasteiger partial charge on any atom is 0.164 e. The van der Waals surface area contributed by atoms with Crippen LogP contribution in [0, 0.1) is 5.92 Å². The Bertz CT molecular complexity index is 591. The van der Waals surface area contributed by atoms with Gasteiger partial charge in [0.1, 0.15) is 0 Å². The molecule has 108 valence electrons. The van der Waals surface area contributed by atoms with Crippen molar-refractivity contribution in [2.75, 3.05) is 6.26 Å². The highest BCUT2D eigenvalue weighted by atomic mass is 32.2. The van der Waals surface area contributed by atoms with Crippen molar-refractivity contribution in [3.63, 3.8) is 0 Å². The van der Waals surface area contributed by atoms with E-state index >= 15 is 0 Å². The number of allylic oxidation sites excluding steroid dienone is 5. The summed E-state index contributed by atoms with van der Waals surface area (Å²) in [4.78, 5) is 12.9. The van der Waals surface area contributed by atoms with E-state index in [-0.39, 0.29) is 10.7 Å². The smallest absolute Gasteiger partial charge is 0.164 e. The molecule has 20 heavy (non-hydrogen) atoms. The van der Waals surface area contributed by atoms with E-state index in [0.29, 0.717) is 5.78 Å². The molecule has 0 aromatic carbocycles. The fraction of sp³-hybridized carbons (Fsp3) is 0.611. The molecule has 3 aliphatic rings. The highest BCUT2D eigenvalue weighted by Crippen LogP contribution is 2.58. The van der Waals surface area contributed by atoms with Gasteiger partial charge in [0.25, 0.3) is 0 Å². The summed E-state index contributed by atoms with van der Waals surface area (Å²) < 4.78 is 0.0674. The van der Waals surface area contributed by atoms with Gasteiger partial charge in [0.05, 0.1) is 4.75 Å². The molecule has 2 unspecified atom stereocenters. The lowest BCUT2D eigenvalue weighted by molar-refractivity contribution is -0.119. The maximum atomic E-state index is 12.9. The summed E-state index contributed by atoms with van der Waals surface area (Å²) in [6.45, 7) is 8.89. The molecule has 2 atom stereocenters. The molecular weight excluding hydrogens is 264 g/mol. The lowest BCUT2D eigenvalue weighted by Gasteiger charge is -2.41. The first-order valence-corrected chi connectivity index (χ1v) is 8.75. The van der Waals surface area contributed by atoms with Gasteiger partial charge >= 0.3 is 0 Å². The molecule has 3 rings (SSSR count). The predicted molar refractivity (Wildman–Crippen MR) is 87.0 cm³/mol. The van der Waals surface area contributed by atoms with Crippen LogP contribution in [0.1, 0.15) is 53.4 Å². The highest BCUT2D eigenvalue weighted by Gasteiger charge is 2.54. The van der Waals surface area contributed by atoms with Crippen molar-refractivity contribution in [3.8, 4) is 0 Å². The van der Waals surface area contributed by atoms with Crippen molar-refractivity contribution >= 4 is 17.5 Å². The largest absolute Gasteiger partial charge is 0.294 e. The Labute approximate surface area is 126 Å². The third-order valence-corrected chi connectivity index (χ3v) is 7.20. The van der Waals surface area contributed by atoms with Gasteiger partial charge in [0.2, 0.25) is 0 Å². The third-order valence-electron chi connectivity index (χ3n) is 5.80. The topological polar surface area (TPSA) is 17.1 Å². The molecule has 0 aromatic heterocycles. The van der Waals surface area contributed by atoms with Crippen molar-refractivity contribution in [2.24, 2.45) is 5.92 Å². The molecule has 0 aromatic rings. The Morgan fingerprint density at radius 1 is 1.00 bits per heavy atom.